The summed E-state index contributed by atoms with van der Waals surface area (Å²) in [5.41, 5.74) is 0. The highest BCUT2D eigenvalue weighted by Crippen LogP contribution is 2.13. The second-order valence-corrected chi connectivity index (χ2v) is 3.54. The number of rotatable bonds is 1. The van der Waals surface area contributed by atoms with Gasteiger partial charge in [0.25, 0.3) is 4.80 Å². The quantitative estimate of drug-likeness (QED) is 0.743. The minimum atomic E-state index is -0.171. The number of likely N-dealkylation sites (tertiary alicyclic amines) is 1. The van der Waals surface area contributed by atoms with Gasteiger partial charge in [0.2, 0.25) is 0 Å². The lowest BCUT2D eigenvalue weighted by molar-refractivity contribution is 0.0752. The molecule has 0 bridgehead atoms. The van der Waals surface area contributed by atoms with Gasteiger partial charge >= 0.3 is 11.8 Å². The van der Waals surface area contributed by atoms with Crippen LogP contribution in [0.15, 0.2) is 9.22 Å². The maximum atomic E-state index is 11.6. The average molecular weight is 246 g/mol. The molecular weight excluding hydrogens is 238 g/mol. The first-order chi connectivity index (χ1) is 6.27. The lowest BCUT2D eigenvalue weighted by Crippen LogP contribution is -2.27. The van der Waals surface area contributed by atoms with Gasteiger partial charge in [0.05, 0.1) is 0 Å². The third-order valence-corrected chi connectivity index (χ3v) is 2.30. The van der Waals surface area contributed by atoms with Gasteiger partial charge in [0.15, 0.2) is 0 Å². The molecule has 1 saturated heterocycles. The van der Waals surface area contributed by atoms with Crippen molar-refractivity contribution in [3.63, 3.8) is 0 Å². The van der Waals surface area contributed by atoms with Crippen LogP contribution in [0.5, 0.6) is 0 Å². The minimum Gasteiger partial charge on any atom is -0.407 e. The van der Waals surface area contributed by atoms with Gasteiger partial charge in [0, 0.05) is 29.0 Å². The molecule has 1 fully saturated rings. The van der Waals surface area contributed by atoms with E-state index in [4.69, 9.17) is 4.42 Å². The Balaban J connectivity index is 2.12. The van der Waals surface area contributed by atoms with Gasteiger partial charge in [-0.2, -0.15) is 0 Å². The van der Waals surface area contributed by atoms with Gasteiger partial charge in [-0.1, -0.05) is 0 Å². The number of hydrogen-bond acceptors (Lipinski definition) is 4. The maximum Gasteiger partial charge on any atom is 0.311 e. The van der Waals surface area contributed by atoms with Gasteiger partial charge < -0.3 is 9.32 Å². The van der Waals surface area contributed by atoms with E-state index in [0.717, 1.165) is 25.9 Å². The molecule has 0 radical (unpaired) electrons. The first-order valence-corrected chi connectivity index (χ1v) is 4.85. The Morgan fingerprint density at radius 2 is 2.08 bits per heavy atom. The van der Waals surface area contributed by atoms with Crippen LogP contribution in [0.3, 0.4) is 0 Å². The molecule has 1 aromatic heterocycles. The molecular formula is C7H8BrN3O2. The maximum absolute atomic E-state index is 11.6. The van der Waals surface area contributed by atoms with Crippen molar-refractivity contribution in [1.82, 2.24) is 15.1 Å². The molecule has 1 aliphatic heterocycles. The van der Waals surface area contributed by atoms with Crippen molar-refractivity contribution in [1.29, 1.82) is 0 Å². The molecule has 1 aliphatic rings. The highest BCUT2D eigenvalue weighted by atomic mass is 79.9. The molecule has 0 unspecified atom stereocenters. The normalized spacial score (nSPS) is 16.5. The van der Waals surface area contributed by atoms with Crippen LogP contribution >= 0.6 is 15.9 Å². The van der Waals surface area contributed by atoms with Crippen LogP contribution in [-0.2, 0) is 0 Å². The Morgan fingerprint density at radius 3 is 2.62 bits per heavy atom. The van der Waals surface area contributed by atoms with Crippen LogP contribution in [0, 0.1) is 0 Å². The highest BCUT2D eigenvalue weighted by molar-refractivity contribution is 9.10. The van der Waals surface area contributed by atoms with Crippen molar-refractivity contribution in [2.45, 2.75) is 12.8 Å². The van der Waals surface area contributed by atoms with Crippen molar-refractivity contribution in [3.8, 4) is 0 Å². The summed E-state index contributed by atoms with van der Waals surface area (Å²) in [7, 11) is 0. The third-order valence-electron chi connectivity index (χ3n) is 1.98. The Hall–Kier alpha value is -0.910. The summed E-state index contributed by atoms with van der Waals surface area (Å²) in [6.07, 6.45) is 2.11. The number of amides is 1. The van der Waals surface area contributed by atoms with Gasteiger partial charge in [-0.05, 0) is 12.8 Å². The summed E-state index contributed by atoms with van der Waals surface area (Å²) in [5, 5.41) is 7.17. The predicted octanol–water partition coefficient (Wildman–Crippen LogP) is 1.07. The Labute approximate surface area is 83.2 Å². The fourth-order valence-corrected chi connectivity index (χ4v) is 1.58. The van der Waals surface area contributed by atoms with Crippen molar-refractivity contribution in [2.24, 2.45) is 0 Å². The third kappa shape index (κ3) is 1.72. The summed E-state index contributed by atoms with van der Waals surface area (Å²) < 4.78 is 4.96. The number of hydrogen-bond donors (Lipinski definition) is 0. The predicted molar refractivity (Wildman–Crippen MR) is 47.1 cm³/mol. The number of nitrogens with zero attached hydrogens (tertiary/aromatic N) is 3. The van der Waals surface area contributed by atoms with E-state index in [1.807, 2.05) is 0 Å². The molecule has 0 atom stereocenters. The topological polar surface area (TPSA) is 59.2 Å². The van der Waals surface area contributed by atoms with Crippen LogP contribution in [-0.4, -0.2) is 34.1 Å². The average Bonchev–Trinajstić information content (AvgIpc) is 2.72. The summed E-state index contributed by atoms with van der Waals surface area (Å²) >= 11 is 3.00. The molecule has 0 N–H and O–H groups in total. The Morgan fingerprint density at radius 1 is 1.38 bits per heavy atom. The SMILES string of the molecule is O=C(c1nnc(Br)o1)N1CCCC1. The van der Waals surface area contributed by atoms with E-state index in [9.17, 15) is 4.79 Å². The van der Waals surface area contributed by atoms with E-state index in [-0.39, 0.29) is 16.6 Å². The molecule has 1 aromatic rings. The second kappa shape index (κ2) is 3.45. The molecule has 1 amide bonds. The minimum absolute atomic E-state index is 0.0637. The number of aromatic nitrogens is 2. The summed E-state index contributed by atoms with van der Waals surface area (Å²) in [6, 6.07) is 0. The van der Waals surface area contributed by atoms with Crippen molar-refractivity contribution in [3.05, 3.63) is 10.7 Å². The van der Waals surface area contributed by atoms with E-state index >= 15 is 0 Å². The fourth-order valence-electron chi connectivity index (χ4n) is 1.35. The van der Waals surface area contributed by atoms with Crippen molar-refractivity contribution >= 4 is 21.8 Å². The number of halogens is 1. The zero-order valence-electron chi connectivity index (χ0n) is 6.86. The molecule has 0 spiro atoms. The van der Waals surface area contributed by atoms with Gasteiger partial charge in [-0.3, -0.25) is 4.79 Å². The molecule has 70 valence electrons. The number of carbonyl (C=O) groups excluding carboxylic acids is 1. The van der Waals surface area contributed by atoms with E-state index in [2.05, 4.69) is 26.1 Å². The highest BCUT2D eigenvalue weighted by Gasteiger charge is 2.23. The van der Waals surface area contributed by atoms with Crippen LogP contribution < -0.4 is 0 Å². The molecule has 2 heterocycles. The fraction of sp³-hybridized carbons (Fsp3) is 0.571. The Kier molecular flexibility index (Phi) is 2.30. The first-order valence-electron chi connectivity index (χ1n) is 4.05. The van der Waals surface area contributed by atoms with Crippen LogP contribution in [0.2, 0.25) is 0 Å². The molecule has 13 heavy (non-hydrogen) atoms. The molecule has 2 rings (SSSR count). The van der Waals surface area contributed by atoms with Gasteiger partial charge in [-0.15, -0.1) is 10.2 Å². The zero-order valence-corrected chi connectivity index (χ0v) is 8.45. The molecule has 6 heteroatoms. The molecule has 5 nitrogen and oxygen atoms in total. The monoisotopic (exact) mass is 245 g/mol. The standard InChI is InChI=1S/C7H8BrN3O2/c8-7-10-9-5(13-7)6(12)11-3-1-2-4-11/h1-4H2. The zero-order chi connectivity index (χ0) is 9.26. The molecule has 0 saturated carbocycles. The van der Waals surface area contributed by atoms with Crippen molar-refractivity contribution < 1.29 is 9.21 Å². The molecule has 0 aliphatic carbocycles. The lowest BCUT2D eigenvalue weighted by atomic mass is 10.4. The largest absolute Gasteiger partial charge is 0.407 e. The van der Waals surface area contributed by atoms with Crippen LogP contribution in [0.25, 0.3) is 0 Å². The first kappa shape index (κ1) is 8.68. The van der Waals surface area contributed by atoms with E-state index in [1.54, 1.807) is 4.90 Å². The van der Waals surface area contributed by atoms with Crippen molar-refractivity contribution in [2.75, 3.05) is 13.1 Å². The van der Waals surface area contributed by atoms with Gasteiger partial charge in [-0.25, -0.2) is 0 Å². The summed E-state index contributed by atoms with van der Waals surface area (Å²) in [6.45, 7) is 1.58. The van der Waals surface area contributed by atoms with Crippen LogP contribution in [0.1, 0.15) is 23.5 Å². The summed E-state index contributed by atoms with van der Waals surface area (Å²) in [5.74, 6) is -0.107. The van der Waals surface area contributed by atoms with E-state index < -0.39 is 0 Å². The van der Waals surface area contributed by atoms with E-state index in [1.165, 1.54) is 0 Å². The summed E-state index contributed by atoms with van der Waals surface area (Å²) in [4.78, 5) is 13.5. The smallest absolute Gasteiger partial charge is 0.311 e. The van der Waals surface area contributed by atoms with Crippen LogP contribution in [0.4, 0.5) is 0 Å². The number of carbonyl (C=O) groups is 1. The lowest BCUT2D eigenvalue weighted by Gasteiger charge is -2.11. The van der Waals surface area contributed by atoms with Gasteiger partial charge in [0.1, 0.15) is 0 Å². The van der Waals surface area contributed by atoms with E-state index in [0.29, 0.717) is 0 Å². The second-order valence-electron chi connectivity index (χ2n) is 2.86. The molecule has 0 aromatic carbocycles. The Bertz CT molecular complexity index is 319.